The molecular formula is C15H31NO2. The van der Waals surface area contributed by atoms with Gasteiger partial charge < -0.3 is 4.74 Å². The Bertz CT molecular complexity index is 199. The van der Waals surface area contributed by atoms with Crippen LogP contribution in [-0.4, -0.2) is 36.6 Å². The summed E-state index contributed by atoms with van der Waals surface area (Å²) in [4.78, 5) is 14.4. The van der Waals surface area contributed by atoms with Crippen LogP contribution < -0.4 is 0 Å². The minimum Gasteiger partial charge on any atom is -0.465 e. The van der Waals surface area contributed by atoms with Crippen molar-refractivity contribution in [1.29, 1.82) is 0 Å². The number of carbonyl (C=O) groups excluding carboxylic acids is 1. The lowest BCUT2D eigenvalue weighted by Gasteiger charge is -2.29. The molecule has 0 radical (unpaired) electrons. The largest absolute Gasteiger partial charge is 0.465 e. The number of hydrogen-bond acceptors (Lipinski definition) is 3. The van der Waals surface area contributed by atoms with E-state index >= 15 is 0 Å². The van der Waals surface area contributed by atoms with Crippen LogP contribution >= 0.6 is 0 Å². The summed E-state index contributed by atoms with van der Waals surface area (Å²) >= 11 is 0. The van der Waals surface area contributed by atoms with Crippen LogP contribution in [0.5, 0.6) is 0 Å². The molecule has 3 nitrogen and oxygen atoms in total. The molecule has 0 aromatic heterocycles. The summed E-state index contributed by atoms with van der Waals surface area (Å²) in [5.74, 6) is -0.0356. The van der Waals surface area contributed by atoms with Crippen LogP contribution in [0.1, 0.15) is 66.2 Å². The third-order valence-corrected chi connectivity index (χ3v) is 3.16. The quantitative estimate of drug-likeness (QED) is 0.529. The molecule has 0 spiro atoms. The van der Waals surface area contributed by atoms with Crippen molar-refractivity contribution >= 4 is 5.97 Å². The van der Waals surface area contributed by atoms with Crippen molar-refractivity contribution in [3.05, 3.63) is 0 Å². The Hall–Kier alpha value is -0.570. The van der Waals surface area contributed by atoms with Crippen molar-refractivity contribution in [3.63, 3.8) is 0 Å². The highest BCUT2D eigenvalue weighted by molar-refractivity contribution is 5.75. The number of rotatable bonds is 11. The minimum absolute atomic E-state index is 0.0342. The molecule has 0 heterocycles. The third-order valence-electron chi connectivity index (χ3n) is 3.16. The van der Waals surface area contributed by atoms with Crippen LogP contribution in [0.3, 0.4) is 0 Å². The van der Waals surface area contributed by atoms with Gasteiger partial charge in [-0.2, -0.15) is 0 Å². The first-order valence-corrected chi connectivity index (χ1v) is 7.61. The molecule has 0 fully saturated rings. The van der Waals surface area contributed by atoms with Crippen molar-refractivity contribution in [2.75, 3.05) is 19.7 Å². The lowest BCUT2D eigenvalue weighted by molar-refractivity contribution is -0.150. The number of carbonyl (C=O) groups is 1. The summed E-state index contributed by atoms with van der Waals surface area (Å²) in [7, 11) is 0. The smallest absolute Gasteiger partial charge is 0.323 e. The molecule has 0 bridgehead atoms. The van der Waals surface area contributed by atoms with Crippen LogP contribution in [0.25, 0.3) is 0 Å². The van der Waals surface area contributed by atoms with E-state index in [1.54, 1.807) is 0 Å². The van der Waals surface area contributed by atoms with Crippen LogP contribution in [0.15, 0.2) is 0 Å². The molecule has 108 valence electrons. The summed E-state index contributed by atoms with van der Waals surface area (Å²) in [6, 6.07) is -0.0342. The van der Waals surface area contributed by atoms with Gasteiger partial charge in [-0.3, -0.25) is 9.69 Å². The van der Waals surface area contributed by atoms with Gasteiger partial charge in [0.1, 0.15) is 6.04 Å². The lowest BCUT2D eigenvalue weighted by atomic mass is 10.1. The molecule has 0 N–H and O–H groups in total. The molecule has 0 aliphatic rings. The first-order valence-electron chi connectivity index (χ1n) is 7.61. The van der Waals surface area contributed by atoms with E-state index in [-0.39, 0.29) is 12.0 Å². The Morgan fingerprint density at radius 3 is 1.94 bits per heavy atom. The normalized spacial score (nSPS) is 12.7. The van der Waals surface area contributed by atoms with Gasteiger partial charge in [-0.05, 0) is 39.3 Å². The standard InChI is InChI=1S/C15H31NO2/c1-5-9-12-16(13-10-6-2)14(11-7-3)15(17)18-8-4/h14H,5-13H2,1-4H3. The summed E-state index contributed by atoms with van der Waals surface area (Å²) < 4.78 is 5.22. The van der Waals surface area contributed by atoms with E-state index in [9.17, 15) is 4.79 Å². The molecule has 0 saturated carbocycles. The predicted molar refractivity (Wildman–Crippen MR) is 76.7 cm³/mol. The first-order chi connectivity index (χ1) is 8.71. The van der Waals surface area contributed by atoms with Crippen molar-refractivity contribution in [2.45, 2.75) is 72.3 Å². The van der Waals surface area contributed by atoms with Crippen LogP contribution in [-0.2, 0) is 9.53 Å². The van der Waals surface area contributed by atoms with Gasteiger partial charge in [0.25, 0.3) is 0 Å². The second kappa shape index (κ2) is 11.5. The highest BCUT2D eigenvalue weighted by Crippen LogP contribution is 2.12. The number of hydrogen-bond donors (Lipinski definition) is 0. The summed E-state index contributed by atoms with van der Waals surface area (Å²) in [5.41, 5.74) is 0. The van der Waals surface area contributed by atoms with Gasteiger partial charge in [-0.25, -0.2) is 0 Å². The van der Waals surface area contributed by atoms with Gasteiger partial charge in [0.2, 0.25) is 0 Å². The van der Waals surface area contributed by atoms with E-state index in [0.717, 1.165) is 38.8 Å². The summed E-state index contributed by atoms with van der Waals surface area (Å²) in [6.07, 6.45) is 6.59. The van der Waals surface area contributed by atoms with Crippen molar-refractivity contribution in [2.24, 2.45) is 0 Å². The zero-order valence-electron chi connectivity index (χ0n) is 12.7. The molecule has 0 saturated heterocycles. The maximum atomic E-state index is 12.0. The second-order valence-electron chi connectivity index (χ2n) is 4.80. The van der Waals surface area contributed by atoms with E-state index in [4.69, 9.17) is 4.74 Å². The molecule has 0 aromatic carbocycles. The van der Waals surface area contributed by atoms with Gasteiger partial charge in [0, 0.05) is 0 Å². The number of esters is 1. The van der Waals surface area contributed by atoms with Gasteiger partial charge in [-0.1, -0.05) is 40.0 Å². The van der Waals surface area contributed by atoms with E-state index in [0.29, 0.717) is 6.61 Å². The highest BCUT2D eigenvalue weighted by atomic mass is 16.5. The van der Waals surface area contributed by atoms with E-state index in [1.807, 2.05) is 6.92 Å². The third kappa shape index (κ3) is 7.00. The molecular weight excluding hydrogens is 226 g/mol. The molecule has 0 aliphatic heterocycles. The van der Waals surface area contributed by atoms with E-state index < -0.39 is 0 Å². The SMILES string of the molecule is CCCCN(CCCC)C(CCC)C(=O)OCC. The molecule has 0 amide bonds. The zero-order valence-corrected chi connectivity index (χ0v) is 12.7. The average molecular weight is 257 g/mol. The van der Waals surface area contributed by atoms with Crippen molar-refractivity contribution in [1.82, 2.24) is 4.90 Å². The highest BCUT2D eigenvalue weighted by Gasteiger charge is 2.25. The van der Waals surface area contributed by atoms with Gasteiger partial charge in [0.05, 0.1) is 6.61 Å². The van der Waals surface area contributed by atoms with Crippen LogP contribution in [0.4, 0.5) is 0 Å². The Labute approximate surface area is 113 Å². The topological polar surface area (TPSA) is 29.5 Å². The Balaban J connectivity index is 4.54. The molecule has 1 unspecified atom stereocenters. The molecule has 0 rings (SSSR count). The Morgan fingerprint density at radius 1 is 1.00 bits per heavy atom. The Morgan fingerprint density at radius 2 is 1.56 bits per heavy atom. The number of unbranched alkanes of at least 4 members (excludes halogenated alkanes) is 2. The zero-order chi connectivity index (χ0) is 13.8. The van der Waals surface area contributed by atoms with E-state index in [1.165, 1.54) is 12.8 Å². The van der Waals surface area contributed by atoms with Crippen molar-refractivity contribution < 1.29 is 9.53 Å². The van der Waals surface area contributed by atoms with Crippen molar-refractivity contribution in [3.8, 4) is 0 Å². The average Bonchev–Trinajstić information content (AvgIpc) is 2.37. The fraction of sp³-hybridized carbons (Fsp3) is 0.933. The monoisotopic (exact) mass is 257 g/mol. The number of ether oxygens (including phenoxy) is 1. The molecule has 3 heteroatoms. The number of nitrogens with zero attached hydrogens (tertiary/aromatic N) is 1. The van der Waals surface area contributed by atoms with E-state index in [2.05, 4.69) is 25.7 Å². The van der Waals surface area contributed by atoms with Crippen LogP contribution in [0.2, 0.25) is 0 Å². The lowest BCUT2D eigenvalue weighted by Crippen LogP contribution is -2.43. The first kappa shape index (κ1) is 17.4. The predicted octanol–water partition coefficient (Wildman–Crippen LogP) is 3.62. The molecule has 0 aromatic rings. The van der Waals surface area contributed by atoms with Gasteiger partial charge in [-0.15, -0.1) is 0 Å². The second-order valence-corrected chi connectivity index (χ2v) is 4.80. The summed E-state index contributed by atoms with van der Waals surface area (Å²) in [6.45, 7) is 10.9. The minimum atomic E-state index is -0.0356. The maximum absolute atomic E-state index is 12.0. The summed E-state index contributed by atoms with van der Waals surface area (Å²) in [5, 5.41) is 0. The molecule has 18 heavy (non-hydrogen) atoms. The maximum Gasteiger partial charge on any atom is 0.323 e. The molecule has 1 atom stereocenters. The molecule has 0 aliphatic carbocycles. The fourth-order valence-electron chi connectivity index (χ4n) is 2.11. The Kier molecular flexibility index (Phi) is 11.2. The van der Waals surface area contributed by atoms with Crippen LogP contribution in [0, 0.1) is 0 Å². The van der Waals surface area contributed by atoms with Gasteiger partial charge in [0.15, 0.2) is 0 Å². The van der Waals surface area contributed by atoms with Gasteiger partial charge >= 0.3 is 5.97 Å². The fourth-order valence-corrected chi connectivity index (χ4v) is 2.11.